The molecular weight excluding hydrogens is 334 g/mol. The zero-order chi connectivity index (χ0) is 15.0. The summed E-state index contributed by atoms with van der Waals surface area (Å²) in [6.07, 6.45) is 0. The smallest absolute Gasteiger partial charge is 0.314 e. The minimum Gasteiger partial charge on any atom is -0.320 e. The highest BCUT2D eigenvalue weighted by Gasteiger charge is 2.12. The van der Waals surface area contributed by atoms with E-state index in [2.05, 4.69) is 25.9 Å². The van der Waals surface area contributed by atoms with E-state index >= 15 is 0 Å². The number of H-pyrrole nitrogens is 2. The Morgan fingerprint density at radius 3 is 2.33 bits per heavy atom. The molecule has 3 rings (SSSR count). The third-order valence-corrected chi connectivity index (χ3v) is 4.07. The van der Waals surface area contributed by atoms with Crippen LogP contribution in [0.3, 0.4) is 0 Å². The van der Waals surface area contributed by atoms with Gasteiger partial charge in [0, 0.05) is 4.47 Å². The van der Waals surface area contributed by atoms with Crippen molar-refractivity contribution in [1.29, 1.82) is 0 Å². The summed E-state index contributed by atoms with van der Waals surface area (Å²) in [6, 6.07) is 12.7. The maximum absolute atomic E-state index is 11.4. The van der Waals surface area contributed by atoms with Crippen molar-refractivity contribution in [2.45, 2.75) is 6.04 Å². The van der Waals surface area contributed by atoms with Gasteiger partial charge in [-0.05, 0) is 29.3 Å². The second kappa shape index (κ2) is 5.31. The van der Waals surface area contributed by atoms with Crippen LogP contribution in [0.25, 0.3) is 11.0 Å². The molecule has 4 N–H and O–H groups in total. The number of benzene rings is 2. The van der Waals surface area contributed by atoms with E-state index in [-0.39, 0.29) is 6.04 Å². The number of nitrogens with two attached hydrogens (primary N) is 1. The highest BCUT2D eigenvalue weighted by molar-refractivity contribution is 9.10. The molecule has 0 spiro atoms. The summed E-state index contributed by atoms with van der Waals surface area (Å²) in [6.45, 7) is 0. The molecule has 0 aliphatic carbocycles. The van der Waals surface area contributed by atoms with E-state index in [0.717, 1.165) is 15.6 Å². The molecule has 6 heteroatoms. The molecule has 0 fully saturated rings. The molecule has 0 bridgehead atoms. The predicted molar refractivity (Wildman–Crippen MR) is 85.4 cm³/mol. The van der Waals surface area contributed by atoms with Crippen LogP contribution in [0.15, 0.2) is 56.5 Å². The second-order valence-corrected chi connectivity index (χ2v) is 5.57. The maximum atomic E-state index is 11.4. The molecule has 106 valence electrons. The number of fused-ring (bicyclic) bond motifs is 1. The van der Waals surface area contributed by atoms with Gasteiger partial charge < -0.3 is 15.7 Å². The third-order valence-electron chi connectivity index (χ3n) is 3.35. The van der Waals surface area contributed by atoms with Gasteiger partial charge in [0.05, 0.1) is 17.1 Å². The number of rotatable bonds is 2. The molecule has 0 amide bonds. The highest BCUT2D eigenvalue weighted by atomic mass is 79.9. The Labute approximate surface area is 128 Å². The average molecular weight is 346 g/mol. The zero-order valence-corrected chi connectivity index (χ0v) is 12.5. The molecule has 1 aromatic heterocycles. The number of hydrogen-bond donors (Lipinski definition) is 3. The SMILES string of the molecule is NC(c1ccc2[nH]c(=O)c(=O)[nH]c2c1)c1ccccc1Br. The first kappa shape index (κ1) is 13.8. The lowest BCUT2D eigenvalue weighted by Gasteiger charge is -2.14. The monoisotopic (exact) mass is 345 g/mol. The lowest BCUT2D eigenvalue weighted by molar-refractivity contribution is 0.866. The zero-order valence-electron chi connectivity index (χ0n) is 10.9. The van der Waals surface area contributed by atoms with Gasteiger partial charge >= 0.3 is 11.1 Å². The van der Waals surface area contributed by atoms with E-state index in [1.807, 2.05) is 30.3 Å². The normalized spacial score (nSPS) is 12.5. The van der Waals surface area contributed by atoms with Crippen molar-refractivity contribution in [3.05, 3.63) is 78.8 Å². The van der Waals surface area contributed by atoms with Gasteiger partial charge in [-0.2, -0.15) is 0 Å². The van der Waals surface area contributed by atoms with Gasteiger partial charge in [0.1, 0.15) is 0 Å². The molecule has 0 saturated heterocycles. The van der Waals surface area contributed by atoms with Crippen LogP contribution in [0, 0.1) is 0 Å². The van der Waals surface area contributed by atoms with Crippen molar-refractivity contribution in [1.82, 2.24) is 9.97 Å². The average Bonchev–Trinajstić information content (AvgIpc) is 2.48. The van der Waals surface area contributed by atoms with Crippen LogP contribution in [0.1, 0.15) is 17.2 Å². The van der Waals surface area contributed by atoms with Gasteiger partial charge in [-0.15, -0.1) is 0 Å². The van der Waals surface area contributed by atoms with Gasteiger partial charge in [-0.1, -0.05) is 40.2 Å². The van der Waals surface area contributed by atoms with Crippen LogP contribution in [-0.4, -0.2) is 9.97 Å². The van der Waals surface area contributed by atoms with Crippen LogP contribution in [0.2, 0.25) is 0 Å². The summed E-state index contributed by atoms with van der Waals surface area (Å²) in [5.74, 6) is 0. The summed E-state index contributed by atoms with van der Waals surface area (Å²) in [5.41, 5.74) is 7.87. The highest BCUT2D eigenvalue weighted by Crippen LogP contribution is 2.27. The first-order valence-corrected chi connectivity index (χ1v) is 7.12. The van der Waals surface area contributed by atoms with Gasteiger partial charge in [0.15, 0.2) is 0 Å². The van der Waals surface area contributed by atoms with Crippen molar-refractivity contribution in [3.63, 3.8) is 0 Å². The molecule has 2 aromatic carbocycles. The van der Waals surface area contributed by atoms with Gasteiger partial charge in [-0.3, -0.25) is 9.59 Å². The van der Waals surface area contributed by atoms with Gasteiger partial charge in [0.25, 0.3) is 0 Å². The number of aromatic amines is 2. The van der Waals surface area contributed by atoms with Crippen LogP contribution in [0.5, 0.6) is 0 Å². The summed E-state index contributed by atoms with van der Waals surface area (Å²) in [7, 11) is 0. The molecule has 5 nitrogen and oxygen atoms in total. The molecule has 0 aliphatic rings. The minimum absolute atomic E-state index is 0.333. The standard InChI is InChI=1S/C15H12BrN3O2/c16-10-4-2-1-3-9(10)13(17)8-5-6-11-12(7-8)19-15(21)14(20)18-11/h1-7,13H,17H2,(H,18,20)(H,19,21). The topological polar surface area (TPSA) is 91.7 Å². The van der Waals surface area contributed by atoms with E-state index < -0.39 is 11.1 Å². The quantitative estimate of drug-likeness (QED) is 0.620. The molecule has 0 radical (unpaired) electrons. The van der Waals surface area contributed by atoms with Crippen molar-refractivity contribution in [2.24, 2.45) is 5.73 Å². The van der Waals surface area contributed by atoms with E-state index in [0.29, 0.717) is 11.0 Å². The summed E-state index contributed by atoms with van der Waals surface area (Å²) in [5, 5.41) is 0. The number of halogens is 1. The van der Waals surface area contributed by atoms with E-state index in [1.54, 1.807) is 12.1 Å². The summed E-state index contributed by atoms with van der Waals surface area (Å²) in [4.78, 5) is 27.8. The Kier molecular flexibility index (Phi) is 3.48. The Hall–Kier alpha value is -2.18. The Morgan fingerprint density at radius 2 is 1.62 bits per heavy atom. The van der Waals surface area contributed by atoms with Gasteiger partial charge in [-0.25, -0.2) is 0 Å². The van der Waals surface area contributed by atoms with Crippen LogP contribution in [0.4, 0.5) is 0 Å². The Morgan fingerprint density at radius 1 is 0.952 bits per heavy atom. The predicted octanol–water partition coefficient (Wildman–Crippen LogP) is 2.03. The fourth-order valence-electron chi connectivity index (χ4n) is 2.23. The van der Waals surface area contributed by atoms with Crippen LogP contribution in [-0.2, 0) is 0 Å². The fourth-order valence-corrected chi connectivity index (χ4v) is 2.76. The number of hydrogen-bond acceptors (Lipinski definition) is 3. The molecule has 0 aliphatic heterocycles. The first-order chi connectivity index (χ1) is 10.1. The fraction of sp³-hybridized carbons (Fsp3) is 0.0667. The number of nitrogens with one attached hydrogen (secondary N) is 2. The second-order valence-electron chi connectivity index (χ2n) is 4.71. The molecular formula is C15H12BrN3O2. The Bertz CT molecular complexity index is 930. The van der Waals surface area contributed by atoms with E-state index in [9.17, 15) is 9.59 Å². The largest absolute Gasteiger partial charge is 0.320 e. The van der Waals surface area contributed by atoms with Crippen molar-refractivity contribution < 1.29 is 0 Å². The number of aromatic nitrogens is 2. The molecule has 1 heterocycles. The minimum atomic E-state index is -0.672. The van der Waals surface area contributed by atoms with Crippen LogP contribution >= 0.6 is 15.9 Å². The summed E-state index contributed by atoms with van der Waals surface area (Å²) >= 11 is 3.48. The molecule has 0 saturated carbocycles. The van der Waals surface area contributed by atoms with Gasteiger partial charge in [0.2, 0.25) is 0 Å². The third kappa shape index (κ3) is 2.55. The van der Waals surface area contributed by atoms with Crippen LogP contribution < -0.4 is 16.9 Å². The molecule has 1 unspecified atom stereocenters. The van der Waals surface area contributed by atoms with Crippen molar-refractivity contribution in [3.8, 4) is 0 Å². The molecule has 21 heavy (non-hydrogen) atoms. The van der Waals surface area contributed by atoms with Crippen molar-refractivity contribution in [2.75, 3.05) is 0 Å². The summed E-state index contributed by atoms with van der Waals surface area (Å²) < 4.78 is 0.924. The first-order valence-electron chi connectivity index (χ1n) is 6.32. The lowest BCUT2D eigenvalue weighted by atomic mass is 9.99. The van der Waals surface area contributed by atoms with Crippen molar-refractivity contribution >= 4 is 27.0 Å². The Balaban J connectivity index is 2.13. The maximum Gasteiger partial charge on any atom is 0.314 e. The van der Waals surface area contributed by atoms with E-state index in [1.165, 1.54) is 0 Å². The van der Waals surface area contributed by atoms with E-state index in [4.69, 9.17) is 5.73 Å². The lowest BCUT2D eigenvalue weighted by Crippen LogP contribution is -2.29. The molecule has 1 atom stereocenters. The molecule has 3 aromatic rings.